The van der Waals surface area contributed by atoms with E-state index in [1.165, 1.54) is 0 Å². The summed E-state index contributed by atoms with van der Waals surface area (Å²) in [5.74, 6) is 1.61. The van der Waals surface area contributed by atoms with E-state index in [4.69, 9.17) is 9.47 Å². The van der Waals surface area contributed by atoms with Crippen molar-refractivity contribution in [2.45, 2.75) is 52.4 Å². The van der Waals surface area contributed by atoms with Crippen molar-refractivity contribution in [3.8, 4) is 11.5 Å². The lowest BCUT2D eigenvalue weighted by atomic mass is 9.96. The number of hydrogen-bond acceptors (Lipinski definition) is 5. The summed E-state index contributed by atoms with van der Waals surface area (Å²) in [6.45, 7) is 7.48. The molecule has 7 heteroatoms. The van der Waals surface area contributed by atoms with Gasteiger partial charge in [0, 0.05) is 30.9 Å². The smallest absolute Gasteiger partial charge is 0.267 e. The Balaban J connectivity index is 1.37. The number of aromatic nitrogens is 2. The Morgan fingerprint density at radius 2 is 1.79 bits per heavy atom. The number of piperidine rings is 1. The fraction of sp³-hybridized carbons (Fsp3) is 0.500. The van der Waals surface area contributed by atoms with Crippen molar-refractivity contribution < 1.29 is 14.3 Å². The van der Waals surface area contributed by atoms with E-state index < -0.39 is 6.10 Å². The number of hydrogen-bond donors (Lipinski definition) is 0. The van der Waals surface area contributed by atoms with Crippen molar-refractivity contribution in [2.75, 3.05) is 13.1 Å². The molecule has 2 aromatic rings. The van der Waals surface area contributed by atoms with Gasteiger partial charge in [0.05, 0.1) is 6.33 Å². The topological polar surface area (TPSA) is 73.7 Å². The Kier molecular flexibility index (Phi) is 5.30. The van der Waals surface area contributed by atoms with Gasteiger partial charge in [-0.3, -0.25) is 14.2 Å². The van der Waals surface area contributed by atoms with E-state index in [0.717, 1.165) is 18.5 Å². The third-order valence-corrected chi connectivity index (χ3v) is 5.98. The molecule has 29 heavy (non-hydrogen) atoms. The summed E-state index contributed by atoms with van der Waals surface area (Å²) in [6.07, 6.45) is 2.37. The standard InChI is InChI=1S/C22H27N3O4/c1-14-15(2)23-13-25(21(14)26)12-17-8-10-24(11-9-17)22(27)20-16(3)28-18-6-4-5-7-19(18)29-20/h4-7,13,16-17,20H,8-12H2,1-3H3. The molecular weight excluding hydrogens is 370 g/mol. The fourth-order valence-electron chi connectivity index (χ4n) is 3.99. The maximum Gasteiger partial charge on any atom is 0.267 e. The van der Waals surface area contributed by atoms with Crippen molar-refractivity contribution in [3.63, 3.8) is 0 Å². The van der Waals surface area contributed by atoms with Gasteiger partial charge in [-0.15, -0.1) is 0 Å². The molecular formula is C22H27N3O4. The molecule has 154 valence electrons. The molecule has 0 spiro atoms. The van der Waals surface area contributed by atoms with Crippen molar-refractivity contribution in [2.24, 2.45) is 5.92 Å². The summed E-state index contributed by atoms with van der Waals surface area (Å²) in [5.41, 5.74) is 1.50. The third-order valence-electron chi connectivity index (χ3n) is 5.98. The minimum Gasteiger partial charge on any atom is -0.482 e. The van der Waals surface area contributed by atoms with Gasteiger partial charge in [0.25, 0.3) is 11.5 Å². The van der Waals surface area contributed by atoms with Crippen LogP contribution in [0.3, 0.4) is 0 Å². The summed E-state index contributed by atoms with van der Waals surface area (Å²) >= 11 is 0. The summed E-state index contributed by atoms with van der Waals surface area (Å²) in [5, 5.41) is 0. The molecule has 2 atom stereocenters. The molecule has 3 heterocycles. The number of para-hydroxylation sites is 2. The molecule has 1 aromatic heterocycles. The second-order valence-corrected chi connectivity index (χ2v) is 7.99. The predicted octanol–water partition coefficient (Wildman–Crippen LogP) is 2.33. The van der Waals surface area contributed by atoms with Crippen LogP contribution < -0.4 is 15.0 Å². The summed E-state index contributed by atoms with van der Waals surface area (Å²) < 4.78 is 13.5. The molecule has 0 bridgehead atoms. The Hall–Kier alpha value is -2.83. The lowest BCUT2D eigenvalue weighted by molar-refractivity contribution is -0.145. The molecule has 1 fully saturated rings. The van der Waals surface area contributed by atoms with Crippen molar-refractivity contribution >= 4 is 5.91 Å². The number of ether oxygens (including phenoxy) is 2. The highest BCUT2D eigenvalue weighted by Crippen LogP contribution is 2.34. The van der Waals surface area contributed by atoms with Gasteiger partial charge in [-0.1, -0.05) is 12.1 Å². The number of fused-ring (bicyclic) bond motifs is 1. The number of rotatable bonds is 3. The lowest BCUT2D eigenvalue weighted by Crippen LogP contribution is -2.52. The van der Waals surface area contributed by atoms with Crippen LogP contribution in [0.4, 0.5) is 0 Å². The molecule has 0 saturated carbocycles. The van der Waals surface area contributed by atoms with Crippen LogP contribution in [0.1, 0.15) is 31.0 Å². The van der Waals surface area contributed by atoms with Crippen LogP contribution in [0.25, 0.3) is 0 Å². The SMILES string of the molecule is Cc1ncn(CC2CCN(C(=O)C3Oc4ccccc4OC3C)CC2)c(=O)c1C. The first-order chi connectivity index (χ1) is 13.9. The van der Waals surface area contributed by atoms with E-state index >= 15 is 0 Å². The number of amides is 1. The number of carbonyl (C=O) groups excluding carboxylic acids is 1. The van der Waals surface area contributed by atoms with Gasteiger partial charge < -0.3 is 14.4 Å². The van der Waals surface area contributed by atoms with Gasteiger partial charge in [-0.25, -0.2) is 4.98 Å². The van der Waals surface area contributed by atoms with Gasteiger partial charge in [0.2, 0.25) is 6.10 Å². The average molecular weight is 397 g/mol. The van der Waals surface area contributed by atoms with Crippen LogP contribution in [0, 0.1) is 19.8 Å². The monoisotopic (exact) mass is 397 g/mol. The highest BCUT2D eigenvalue weighted by molar-refractivity contribution is 5.82. The maximum absolute atomic E-state index is 13.0. The molecule has 0 N–H and O–H groups in total. The first kappa shape index (κ1) is 19.5. The third kappa shape index (κ3) is 3.86. The molecule has 1 saturated heterocycles. The van der Waals surface area contributed by atoms with Gasteiger partial charge in [-0.2, -0.15) is 0 Å². The molecule has 0 aliphatic carbocycles. The Bertz CT molecular complexity index is 963. The molecule has 1 aromatic carbocycles. The van der Waals surface area contributed by atoms with Gasteiger partial charge in [0.15, 0.2) is 11.5 Å². The highest BCUT2D eigenvalue weighted by atomic mass is 16.6. The summed E-state index contributed by atoms with van der Waals surface area (Å²) in [7, 11) is 0. The first-order valence-corrected chi connectivity index (χ1v) is 10.2. The largest absolute Gasteiger partial charge is 0.482 e. The molecule has 2 aliphatic heterocycles. The molecule has 4 rings (SSSR count). The second-order valence-electron chi connectivity index (χ2n) is 7.99. The second kappa shape index (κ2) is 7.89. The Morgan fingerprint density at radius 3 is 2.48 bits per heavy atom. The maximum atomic E-state index is 13.0. The average Bonchev–Trinajstić information content (AvgIpc) is 2.73. The van der Waals surface area contributed by atoms with Gasteiger partial charge >= 0.3 is 0 Å². The highest BCUT2D eigenvalue weighted by Gasteiger charge is 2.37. The number of likely N-dealkylation sites (tertiary alicyclic amines) is 1. The first-order valence-electron chi connectivity index (χ1n) is 10.2. The van der Waals surface area contributed by atoms with Crippen molar-refractivity contribution in [1.82, 2.24) is 14.5 Å². The quantitative estimate of drug-likeness (QED) is 0.795. The van der Waals surface area contributed by atoms with E-state index in [9.17, 15) is 9.59 Å². The van der Waals surface area contributed by atoms with E-state index in [2.05, 4.69) is 4.98 Å². The zero-order chi connectivity index (χ0) is 20.5. The molecule has 2 aliphatic rings. The van der Waals surface area contributed by atoms with E-state index in [0.29, 0.717) is 42.6 Å². The zero-order valence-electron chi connectivity index (χ0n) is 17.1. The van der Waals surface area contributed by atoms with Crippen molar-refractivity contribution in [1.29, 1.82) is 0 Å². The minimum absolute atomic E-state index is 0.0243. The zero-order valence-corrected chi connectivity index (χ0v) is 17.1. The van der Waals surface area contributed by atoms with Crippen LogP contribution in [0.2, 0.25) is 0 Å². The van der Waals surface area contributed by atoms with Crippen LogP contribution in [0.5, 0.6) is 11.5 Å². The van der Waals surface area contributed by atoms with Crippen LogP contribution in [-0.4, -0.2) is 45.7 Å². The normalized spacial score (nSPS) is 21.8. The van der Waals surface area contributed by atoms with Crippen molar-refractivity contribution in [3.05, 3.63) is 52.2 Å². The summed E-state index contributed by atoms with van der Waals surface area (Å²) in [4.78, 5) is 31.6. The van der Waals surface area contributed by atoms with E-state index in [-0.39, 0.29) is 17.6 Å². The predicted molar refractivity (Wildman–Crippen MR) is 108 cm³/mol. The molecule has 1 amide bonds. The minimum atomic E-state index is -0.631. The van der Waals surface area contributed by atoms with Gasteiger partial charge in [0.1, 0.15) is 6.10 Å². The number of aryl methyl sites for hydroxylation is 1. The van der Waals surface area contributed by atoms with E-state index in [1.54, 1.807) is 10.9 Å². The van der Waals surface area contributed by atoms with Crippen LogP contribution in [0.15, 0.2) is 35.4 Å². The molecule has 2 unspecified atom stereocenters. The number of nitrogens with zero attached hydrogens (tertiary/aromatic N) is 3. The fourth-order valence-corrected chi connectivity index (χ4v) is 3.99. The number of carbonyl (C=O) groups is 1. The van der Waals surface area contributed by atoms with Crippen LogP contribution in [-0.2, 0) is 11.3 Å². The van der Waals surface area contributed by atoms with Gasteiger partial charge in [-0.05, 0) is 51.7 Å². The molecule has 7 nitrogen and oxygen atoms in total. The Labute approximate surface area is 170 Å². The number of benzene rings is 1. The summed E-state index contributed by atoms with van der Waals surface area (Å²) in [6, 6.07) is 7.43. The lowest BCUT2D eigenvalue weighted by Gasteiger charge is -2.37. The van der Waals surface area contributed by atoms with Crippen LogP contribution >= 0.6 is 0 Å². The van der Waals surface area contributed by atoms with E-state index in [1.807, 2.05) is 49.9 Å². The molecule has 0 radical (unpaired) electrons. The Morgan fingerprint density at radius 1 is 1.14 bits per heavy atom.